The van der Waals surface area contributed by atoms with Crippen LogP contribution in [0.15, 0.2) is 199 Å². The maximum absolute atomic E-state index is 9.84. The number of hydrogen-bond donors (Lipinski definition) is 0. The van der Waals surface area contributed by atoms with Crippen LogP contribution >= 0.6 is 0 Å². The van der Waals surface area contributed by atoms with Gasteiger partial charge >= 0.3 is 0 Å². The Labute approximate surface area is 329 Å². The Morgan fingerprint density at radius 3 is 1.49 bits per heavy atom. The Morgan fingerprint density at radius 2 is 0.825 bits per heavy atom. The molecular weight excluding hydrogens is 697 g/mol. The van der Waals surface area contributed by atoms with Gasteiger partial charge in [0.1, 0.15) is 11.2 Å². The van der Waals surface area contributed by atoms with E-state index in [1.54, 1.807) is 0 Å². The summed E-state index contributed by atoms with van der Waals surface area (Å²) < 4.78 is 6.54. The third-order valence-electron chi connectivity index (χ3n) is 10.4. The van der Waals surface area contributed by atoms with E-state index < -0.39 is 0 Å². The topological polar surface area (TPSA) is 75.6 Å². The van der Waals surface area contributed by atoms with Crippen LogP contribution in [0, 0.1) is 11.3 Å². The van der Waals surface area contributed by atoms with Gasteiger partial charge in [-0.2, -0.15) is 5.26 Å². The maximum Gasteiger partial charge on any atom is 0.164 e. The summed E-state index contributed by atoms with van der Waals surface area (Å²) in [4.78, 5) is 15.2. The number of nitriles is 1. The standard InChI is InChI=1S/C52H32N4O/c53-33-43-15-7-8-18-44(43)40-16-9-17-41(31-40)51-54-50(39-27-23-37(24-28-39)35-13-5-2-6-14-35)55-52(56-51)42-29-30-46-48(32-42)57-47-20-10-19-45(49(46)47)38-25-21-36(22-26-38)34-11-3-1-4-12-34/h1-32H. The van der Waals surface area contributed by atoms with Crippen LogP contribution in [0.3, 0.4) is 0 Å². The Bertz CT molecular complexity index is 3110. The predicted molar refractivity (Wildman–Crippen MR) is 230 cm³/mol. The summed E-state index contributed by atoms with van der Waals surface area (Å²) in [5.74, 6) is 1.62. The Hall–Kier alpha value is -7.94. The van der Waals surface area contributed by atoms with Crippen LogP contribution in [0.25, 0.3) is 101 Å². The van der Waals surface area contributed by atoms with Gasteiger partial charge in [-0.15, -0.1) is 0 Å². The molecule has 266 valence electrons. The summed E-state index contributed by atoms with van der Waals surface area (Å²) in [7, 11) is 0. The van der Waals surface area contributed by atoms with Gasteiger partial charge in [-0.1, -0.05) is 164 Å². The monoisotopic (exact) mass is 728 g/mol. The van der Waals surface area contributed by atoms with E-state index in [-0.39, 0.29) is 0 Å². The van der Waals surface area contributed by atoms with Crippen molar-refractivity contribution in [2.75, 3.05) is 0 Å². The lowest BCUT2D eigenvalue weighted by molar-refractivity contribution is 0.669. The zero-order valence-corrected chi connectivity index (χ0v) is 30.7. The smallest absolute Gasteiger partial charge is 0.164 e. The fourth-order valence-corrected chi connectivity index (χ4v) is 7.54. The molecule has 0 saturated heterocycles. The van der Waals surface area contributed by atoms with E-state index in [0.29, 0.717) is 23.0 Å². The van der Waals surface area contributed by atoms with Crippen LogP contribution < -0.4 is 0 Å². The van der Waals surface area contributed by atoms with Crippen molar-refractivity contribution in [3.63, 3.8) is 0 Å². The van der Waals surface area contributed by atoms with Crippen LogP contribution in [0.2, 0.25) is 0 Å². The van der Waals surface area contributed by atoms with Crippen molar-refractivity contribution in [1.82, 2.24) is 15.0 Å². The van der Waals surface area contributed by atoms with Crippen LogP contribution in [0.1, 0.15) is 5.56 Å². The highest BCUT2D eigenvalue weighted by Crippen LogP contribution is 2.39. The third-order valence-corrected chi connectivity index (χ3v) is 10.4. The number of hydrogen-bond acceptors (Lipinski definition) is 5. The van der Waals surface area contributed by atoms with Crippen LogP contribution in [0.4, 0.5) is 0 Å². The lowest BCUT2D eigenvalue weighted by atomic mass is 9.96. The maximum atomic E-state index is 9.84. The minimum atomic E-state index is 0.532. The van der Waals surface area contributed by atoms with E-state index in [2.05, 4.69) is 109 Å². The molecule has 0 bridgehead atoms. The highest BCUT2D eigenvalue weighted by atomic mass is 16.3. The van der Waals surface area contributed by atoms with Gasteiger partial charge in [0.15, 0.2) is 17.5 Å². The second-order valence-electron chi connectivity index (χ2n) is 13.9. The van der Waals surface area contributed by atoms with Gasteiger partial charge in [-0.25, -0.2) is 15.0 Å². The van der Waals surface area contributed by atoms with Crippen molar-refractivity contribution < 1.29 is 4.42 Å². The van der Waals surface area contributed by atoms with E-state index in [1.165, 1.54) is 11.1 Å². The summed E-state index contributed by atoms with van der Waals surface area (Å²) in [6, 6.07) is 68.1. The molecule has 0 aliphatic rings. The second-order valence-corrected chi connectivity index (χ2v) is 13.9. The zero-order valence-electron chi connectivity index (χ0n) is 30.7. The summed E-state index contributed by atoms with van der Waals surface area (Å²) >= 11 is 0. The molecule has 0 aliphatic carbocycles. The van der Waals surface area contributed by atoms with Crippen molar-refractivity contribution in [2.45, 2.75) is 0 Å². The first kappa shape index (κ1) is 33.6. The van der Waals surface area contributed by atoms with Gasteiger partial charge < -0.3 is 4.42 Å². The molecule has 0 amide bonds. The van der Waals surface area contributed by atoms with Gasteiger partial charge in [0.25, 0.3) is 0 Å². The molecule has 0 unspecified atom stereocenters. The molecule has 0 aliphatic heterocycles. The van der Waals surface area contributed by atoms with Crippen LogP contribution in [-0.2, 0) is 0 Å². The van der Waals surface area contributed by atoms with E-state index in [4.69, 9.17) is 19.4 Å². The van der Waals surface area contributed by atoms with Crippen molar-refractivity contribution in [1.29, 1.82) is 5.26 Å². The van der Waals surface area contributed by atoms with E-state index in [9.17, 15) is 5.26 Å². The normalized spacial score (nSPS) is 11.1. The molecule has 0 atom stereocenters. The molecule has 0 saturated carbocycles. The molecule has 5 heteroatoms. The molecule has 57 heavy (non-hydrogen) atoms. The Balaban J connectivity index is 1.08. The average molecular weight is 729 g/mol. The van der Waals surface area contributed by atoms with Crippen molar-refractivity contribution in [3.8, 4) is 84.7 Å². The molecular formula is C52H32N4O. The van der Waals surface area contributed by atoms with Crippen LogP contribution in [0.5, 0.6) is 0 Å². The molecule has 5 nitrogen and oxygen atoms in total. The fourth-order valence-electron chi connectivity index (χ4n) is 7.54. The number of nitrogens with zero attached hydrogens (tertiary/aromatic N) is 4. The van der Waals surface area contributed by atoms with Gasteiger partial charge in [0.05, 0.1) is 11.6 Å². The fraction of sp³-hybridized carbons (Fsp3) is 0. The minimum absolute atomic E-state index is 0.532. The molecule has 10 aromatic rings. The number of benzene rings is 8. The molecule has 10 rings (SSSR count). The van der Waals surface area contributed by atoms with E-state index in [0.717, 1.165) is 72.0 Å². The Morgan fingerprint density at radius 1 is 0.351 bits per heavy atom. The average Bonchev–Trinajstić information content (AvgIpc) is 3.68. The van der Waals surface area contributed by atoms with Gasteiger partial charge in [0, 0.05) is 27.5 Å². The highest BCUT2D eigenvalue weighted by Gasteiger charge is 2.18. The zero-order chi connectivity index (χ0) is 38.1. The largest absolute Gasteiger partial charge is 0.456 e. The highest BCUT2D eigenvalue weighted by molar-refractivity contribution is 6.13. The van der Waals surface area contributed by atoms with Crippen molar-refractivity contribution in [3.05, 3.63) is 200 Å². The predicted octanol–water partition coefficient (Wildman–Crippen LogP) is 13.3. The first-order valence-corrected chi connectivity index (χ1v) is 18.8. The molecule has 0 N–H and O–H groups in total. The third kappa shape index (κ3) is 6.42. The van der Waals surface area contributed by atoms with Crippen LogP contribution in [-0.4, -0.2) is 15.0 Å². The van der Waals surface area contributed by atoms with Crippen molar-refractivity contribution >= 4 is 21.9 Å². The molecule has 2 heterocycles. The molecule has 0 spiro atoms. The summed E-state index contributed by atoms with van der Waals surface area (Å²) in [6.45, 7) is 0. The number of fused-ring (bicyclic) bond motifs is 3. The number of aromatic nitrogens is 3. The molecule has 0 fully saturated rings. The van der Waals surface area contributed by atoms with Gasteiger partial charge in [-0.3, -0.25) is 0 Å². The van der Waals surface area contributed by atoms with E-state index >= 15 is 0 Å². The first-order valence-electron chi connectivity index (χ1n) is 18.8. The summed E-state index contributed by atoms with van der Waals surface area (Å²) in [5, 5.41) is 11.9. The van der Waals surface area contributed by atoms with Gasteiger partial charge in [0.2, 0.25) is 0 Å². The lowest BCUT2D eigenvalue weighted by Gasteiger charge is -2.11. The van der Waals surface area contributed by atoms with E-state index in [1.807, 2.05) is 91.0 Å². The number of furan rings is 1. The lowest BCUT2D eigenvalue weighted by Crippen LogP contribution is -2.00. The molecule has 2 aromatic heterocycles. The summed E-state index contributed by atoms with van der Waals surface area (Å²) in [6.07, 6.45) is 0. The first-order chi connectivity index (χ1) is 28.2. The Kier molecular flexibility index (Phi) is 8.48. The second kappa shape index (κ2) is 14.4. The molecule has 0 radical (unpaired) electrons. The number of rotatable bonds is 7. The van der Waals surface area contributed by atoms with Crippen molar-refractivity contribution in [2.24, 2.45) is 0 Å². The SMILES string of the molecule is N#Cc1ccccc1-c1cccc(-c2nc(-c3ccc(-c4ccccc4)cc3)nc(-c3ccc4c(c3)oc3cccc(-c5ccc(-c6ccccc6)cc5)c34)n2)c1. The quantitative estimate of drug-likeness (QED) is 0.163. The molecule has 8 aromatic carbocycles. The minimum Gasteiger partial charge on any atom is -0.456 e. The summed E-state index contributed by atoms with van der Waals surface area (Å²) in [5.41, 5.74) is 13.3. The van der Waals surface area contributed by atoms with Gasteiger partial charge in [-0.05, 0) is 74.8 Å².